The van der Waals surface area contributed by atoms with E-state index in [4.69, 9.17) is 11.6 Å². The number of hydrogen-bond acceptors (Lipinski definition) is 5. The van der Waals surface area contributed by atoms with Gasteiger partial charge in [0, 0.05) is 43.8 Å². The number of amides is 2. The van der Waals surface area contributed by atoms with Crippen molar-refractivity contribution < 1.29 is 23.9 Å². The maximum atomic E-state index is 12.2. The average molecular weight is 382 g/mol. The number of ether oxygens (including phenoxy) is 1. The molecule has 0 bridgehead atoms. The number of carbonyl (C=O) groups is 4. The lowest BCUT2D eigenvalue weighted by Crippen LogP contribution is -2.36. The molecule has 0 atom stereocenters. The summed E-state index contributed by atoms with van der Waals surface area (Å²) in [5.41, 5.74) is 1.31. The maximum Gasteiger partial charge on any atom is 0.302 e. The van der Waals surface area contributed by atoms with Crippen LogP contribution >= 0.6 is 11.6 Å². The minimum atomic E-state index is -0.276. The Morgan fingerprint density at radius 1 is 1.15 bits per heavy atom. The van der Waals surface area contributed by atoms with Crippen LogP contribution in [-0.2, 0) is 25.5 Å². The SMILES string of the molecule is CC(=O)N1CCCC(=O)c2cccc(Cl)c2CCC1=O.CCOC(C)=O. The molecule has 0 aliphatic carbocycles. The lowest BCUT2D eigenvalue weighted by molar-refractivity contribution is -0.144. The summed E-state index contributed by atoms with van der Waals surface area (Å²) < 4.78 is 4.40. The van der Waals surface area contributed by atoms with E-state index in [1.54, 1.807) is 25.1 Å². The molecule has 7 heteroatoms. The predicted octanol–water partition coefficient (Wildman–Crippen LogP) is 3.19. The maximum absolute atomic E-state index is 12.2. The largest absolute Gasteiger partial charge is 0.466 e. The summed E-state index contributed by atoms with van der Waals surface area (Å²) in [5.74, 6) is -0.682. The van der Waals surface area contributed by atoms with E-state index in [0.717, 1.165) is 0 Å². The van der Waals surface area contributed by atoms with Gasteiger partial charge < -0.3 is 4.74 Å². The number of rotatable bonds is 1. The fourth-order valence-corrected chi connectivity index (χ4v) is 2.90. The first kappa shape index (κ1) is 21.8. The molecule has 0 radical (unpaired) electrons. The Bertz CT molecular complexity index is 687. The number of benzene rings is 1. The van der Waals surface area contributed by atoms with E-state index in [-0.39, 0.29) is 30.0 Å². The van der Waals surface area contributed by atoms with Gasteiger partial charge in [0.25, 0.3) is 0 Å². The Balaban J connectivity index is 0.000000487. The van der Waals surface area contributed by atoms with Crippen LogP contribution in [-0.4, -0.2) is 41.6 Å². The van der Waals surface area contributed by atoms with Crippen molar-refractivity contribution >= 4 is 35.2 Å². The Hall–Kier alpha value is -2.21. The second kappa shape index (κ2) is 10.7. The van der Waals surface area contributed by atoms with Crippen molar-refractivity contribution in [3.05, 3.63) is 34.3 Å². The molecular weight excluding hydrogens is 358 g/mol. The van der Waals surface area contributed by atoms with Crippen LogP contribution in [0.2, 0.25) is 5.02 Å². The second-order valence-electron chi connectivity index (χ2n) is 5.78. The second-order valence-corrected chi connectivity index (χ2v) is 6.19. The molecule has 0 spiro atoms. The molecule has 1 heterocycles. The van der Waals surface area contributed by atoms with Crippen molar-refractivity contribution in [2.24, 2.45) is 0 Å². The molecule has 0 fully saturated rings. The van der Waals surface area contributed by atoms with E-state index in [0.29, 0.717) is 48.6 Å². The summed E-state index contributed by atoms with van der Waals surface area (Å²) in [6.45, 7) is 5.32. The third-order valence-corrected chi connectivity index (χ3v) is 4.18. The number of nitrogens with zero attached hydrogens (tertiary/aromatic N) is 1. The topological polar surface area (TPSA) is 80.8 Å². The molecule has 1 aromatic rings. The molecular formula is C19H24ClNO5. The van der Waals surface area contributed by atoms with E-state index in [1.807, 2.05) is 0 Å². The smallest absolute Gasteiger partial charge is 0.302 e. The molecule has 2 rings (SSSR count). The standard InChI is InChI=1S/C15H16ClNO3.C4H8O2/c1-10(18)17-9-3-6-14(19)12-4-2-5-13(16)11(12)7-8-15(17)20;1-3-6-4(2)5/h2,4-5H,3,6-9H2,1H3;3H2,1-2H3. The molecule has 6 nitrogen and oxygen atoms in total. The number of imide groups is 1. The summed E-state index contributed by atoms with van der Waals surface area (Å²) >= 11 is 6.13. The van der Waals surface area contributed by atoms with E-state index < -0.39 is 0 Å². The van der Waals surface area contributed by atoms with Crippen LogP contribution in [0, 0.1) is 0 Å². The summed E-state index contributed by atoms with van der Waals surface area (Å²) in [7, 11) is 0. The monoisotopic (exact) mass is 381 g/mol. The van der Waals surface area contributed by atoms with Gasteiger partial charge >= 0.3 is 5.97 Å². The van der Waals surface area contributed by atoms with Gasteiger partial charge in [-0.3, -0.25) is 24.1 Å². The number of carbonyl (C=O) groups excluding carboxylic acids is 4. The number of fused-ring (bicyclic) bond motifs is 1. The molecule has 0 N–H and O–H groups in total. The van der Waals surface area contributed by atoms with Gasteiger partial charge in [-0.2, -0.15) is 0 Å². The van der Waals surface area contributed by atoms with Gasteiger partial charge in [-0.05, 0) is 31.4 Å². The molecule has 1 aliphatic rings. The zero-order valence-electron chi connectivity index (χ0n) is 15.3. The van der Waals surface area contributed by atoms with Gasteiger partial charge in [-0.25, -0.2) is 0 Å². The highest BCUT2D eigenvalue weighted by Gasteiger charge is 2.22. The van der Waals surface area contributed by atoms with Crippen LogP contribution in [0.15, 0.2) is 18.2 Å². The third-order valence-electron chi connectivity index (χ3n) is 3.82. The van der Waals surface area contributed by atoms with Crippen LogP contribution < -0.4 is 0 Å². The molecule has 0 saturated carbocycles. The quantitative estimate of drug-likeness (QED) is 0.698. The van der Waals surface area contributed by atoms with Gasteiger partial charge in [0.2, 0.25) is 11.8 Å². The lowest BCUT2D eigenvalue weighted by atomic mass is 9.96. The van der Waals surface area contributed by atoms with E-state index in [9.17, 15) is 19.2 Å². The molecule has 0 unspecified atom stereocenters. The summed E-state index contributed by atoms with van der Waals surface area (Å²) in [6.07, 6.45) is 1.35. The molecule has 1 aromatic carbocycles. The van der Waals surface area contributed by atoms with Gasteiger partial charge in [-0.15, -0.1) is 0 Å². The highest BCUT2D eigenvalue weighted by Crippen LogP contribution is 2.24. The normalized spacial score (nSPS) is 14.7. The van der Waals surface area contributed by atoms with Crippen molar-refractivity contribution in [1.29, 1.82) is 0 Å². The molecule has 2 amide bonds. The zero-order valence-corrected chi connectivity index (χ0v) is 16.1. The molecule has 1 aliphatic heterocycles. The first-order valence-electron chi connectivity index (χ1n) is 8.52. The molecule has 26 heavy (non-hydrogen) atoms. The van der Waals surface area contributed by atoms with Crippen LogP contribution in [0.3, 0.4) is 0 Å². The van der Waals surface area contributed by atoms with Crippen molar-refractivity contribution in [2.45, 2.75) is 46.5 Å². The van der Waals surface area contributed by atoms with Crippen LogP contribution in [0.4, 0.5) is 0 Å². The first-order chi connectivity index (χ1) is 12.3. The van der Waals surface area contributed by atoms with E-state index in [2.05, 4.69) is 4.74 Å². The van der Waals surface area contributed by atoms with Crippen LogP contribution in [0.5, 0.6) is 0 Å². The number of hydrogen-bond donors (Lipinski definition) is 0. The van der Waals surface area contributed by atoms with Crippen LogP contribution in [0.25, 0.3) is 0 Å². The Morgan fingerprint density at radius 2 is 1.85 bits per heavy atom. The van der Waals surface area contributed by atoms with Crippen molar-refractivity contribution in [3.8, 4) is 0 Å². The highest BCUT2D eigenvalue weighted by atomic mass is 35.5. The molecule has 0 saturated heterocycles. The number of esters is 1. The Morgan fingerprint density at radius 3 is 2.38 bits per heavy atom. The minimum Gasteiger partial charge on any atom is -0.466 e. The van der Waals surface area contributed by atoms with Crippen LogP contribution in [0.1, 0.15) is 56.0 Å². The van der Waals surface area contributed by atoms with E-state index in [1.165, 1.54) is 18.7 Å². The Labute approximate surface area is 158 Å². The lowest BCUT2D eigenvalue weighted by Gasteiger charge is -2.21. The number of ketones is 1. The predicted molar refractivity (Wildman–Crippen MR) is 98.0 cm³/mol. The molecule has 142 valence electrons. The zero-order chi connectivity index (χ0) is 19.7. The van der Waals surface area contributed by atoms with Gasteiger partial charge in [0.1, 0.15) is 0 Å². The van der Waals surface area contributed by atoms with Gasteiger partial charge in [0.15, 0.2) is 5.78 Å². The third kappa shape index (κ3) is 6.59. The summed E-state index contributed by atoms with van der Waals surface area (Å²) in [6, 6.07) is 5.21. The number of Topliss-reactive ketones (excluding diaryl/α,β-unsaturated/α-hetero) is 1. The summed E-state index contributed by atoms with van der Waals surface area (Å²) in [5, 5.41) is 0.499. The van der Waals surface area contributed by atoms with Crippen molar-refractivity contribution in [2.75, 3.05) is 13.2 Å². The minimum absolute atomic E-state index is 0.0142. The van der Waals surface area contributed by atoms with Crippen molar-refractivity contribution in [1.82, 2.24) is 4.90 Å². The number of halogens is 1. The fourth-order valence-electron chi connectivity index (χ4n) is 2.63. The van der Waals surface area contributed by atoms with Crippen molar-refractivity contribution in [3.63, 3.8) is 0 Å². The van der Waals surface area contributed by atoms with E-state index >= 15 is 0 Å². The van der Waals surface area contributed by atoms with Gasteiger partial charge in [0.05, 0.1) is 6.61 Å². The molecule has 0 aromatic heterocycles. The summed E-state index contributed by atoms with van der Waals surface area (Å²) in [4.78, 5) is 46.7. The fraction of sp³-hybridized carbons (Fsp3) is 0.474. The first-order valence-corrected chi connectivity index (χ1v) is 8.90. The Kier molecular flexibility index (Phi) is 8.99. The highest BCUT2D eigenvalue weighted by molar-refractivity contribution is 6.32. The average Bonchev–Trinajstić information content (AvgIpc) is 2.56. The van der Waals surface area contributed by atoms with Gasteiger partial charge in [-0.1, -0.05) is 23.7 Å².